The van der Waals surface area contributed by atoms with E-state index in [0.29, 0.717) is 11.3 Å². The van der Waals surface area contributed by atoms with Crippen LogP contribution in [0.5, 0.6) is 0 Å². The molecule has 3 aromatic rings. The van der Waals surface area contributed by atoms with E-state index in [9.17, 15) is 28.4 Å². The van der Waals surface area contributed by atoms with Crippen LogP contribution in [0.15, 0.2) is 42.4 Å². The molecule has 1 aromatic heterocycles. The second-order valence-corrected chi connectivity index (χ2v) is 10.4. The number of carbonyl (C=O) groups is 3. The van der Waals surface area contributed by atoms with Crippen molar-refractivity contribution < 1.29 is 24.5 Å². The zero-order chi connectivity index (χ0) is 28.2. The van der Waals surface area contributed by atoms with Crippen molar-refractivity contribution in [3.05, 3.63) is 65.3 Å². The number of para-hydroxylation sites is 1. The number of rotatable bonds is 5. The second-order valence-electron chi connectivity index (χ2n) is 10.4. The molecule has 38 heavy (non-hydrogen) atoms. The highest BCUT2D eigenvalue weighted by atomic mass is 19.1. The first-order valence-corrected chi connectivity index (χ1v) is 12.3. The Morgan fingerprint density at radius 2 is 2.08 bits per heavy atom. The van der Waals surface area contributed by atoms with Gasteiger partial charge in [-0.25, -0.2) is 8.78 Å². The number of nitrogens with one attached hydrogen (secondary N) is 2. The predicted molar refractivity (Wildman–Crippen MR) is 136 cm³/mol. The maximum Gasteiger partial charge on any atom is 0.270 e. The number of fused-ring (bicyclic) bond motifs is 3. The van der Waals surface area contributed by atoms with E-state index in [0.717, 1.165) is 12.1 Å². The van der Waals surface area contributed by atoms with Crippen LogP contribution in [0.4, 0.5) is 14.5 Å². The molecule has 8 nitrogen and oxygen atoms in total. The topological polar surface area (TPSA) is 109 Å². The number of H-pyrrole nitrogens is 1. The van der Waals surface area contributed by atoms with Crippen molar-refractivity contribution in [2.45, 2.75) is 44.2 Å². The molecule has 5 rings (SSSR count). The number of aromatic nitrogens is 1. The van der Waals surface area contributed by atoms with Gasteiger partial charge >= 0.3 is 0 Å². The second kappa shape index (κ2) is 9.24. The molecule has 10 heteroatoms. The van der Waals surface area contributed by atoms with E-state index in [-0.39, 0.29) is 53.9 Å². The number of likely N-dealkylation sites (tertiary alicyclic amines) is 1. The molecular formula is C28H27F2N5O3. The molecule has 1 fully saturated rings. The van der Waals surface area contributed by atoms with Crippen molar-refractivity contribution >= 4 is 34.3 Å². The van der Waals surface area contributed by atoms with E-state index in [2.05, 4.69) is 16.4 Å². The van der Waals surface area contributed by atoms with Crippen LogP contribution in [0.2, 0.25) is 0 Å². The van der Waals surface area contributed by atoms with Gasteiger partial charge < -0.3 is 20.1 Å². The summed E-state index contributed by atoms with van der Waals surface area (Å²) in [6.45, 7) is 3.71. The highest BCUT2D eigenvalue weighted by Gasteiger charge is 2.56. The van der Waals surface area contributed by atoms with E-state index in [1.165, 1.54) is 22.9 Å². The van der Waals surface area contributed by atoms with Crippen LogP contribution < -0.4 is 5.32 Å². The van der Waals surface area contributed by atoms with Gasteiger partial charge in [0.2, 0.25) is 11.8 Å². The Morgan fingerprint density at radius 3 is 2.79 bits per heavy atom. The predicted octanol–water partition coefficient (Wildman–Crippen LogP) is 3.95. The van der Waals surface area contributed by atoms with Gasteiger partial charge in [0.15, 0.2) is 0 Å². The SMILES string of the molecule is [2H]c1ccc2c(c1)[C@@]1(C[C@@H](C#N)N(C(=O)[C@H](CC(C)C)N(C)C(=O)c3cc4c(F)cc(F)cc4[nH]3)C1)C(=O)N2. The lowest BCUT2D eigenvalue weighted by Crippen LogP contribution is -2.52. The van der Waals surface area contributed by atoms with Gasteiger partial charge in [-0.3, -0.25) is 14.4 Å². The smallest absolute Gasteiger partial charge is 0.270 e. The Bertz CT molecular complexity index is 1560. The molecule has 0 aliphatic carbocycles. The quantitative estimate of drug-likeness (QED) is 0.531. The third kappa shape index (κ3) is 3.99. The monoisotopic (exact) mass is 520 g/mol. The molecule has 0 radical (unpaired) electrons. The summed E-state index contributed by atoms with van der Waals surface area (Å²) in [7, 11) is 1.45. The Labute approximate surface area is 219 Å². The maximum absolute atomic E-state index is 14.3. The number of amides is 3. The molecule has 0 bridgehead atoms. The summed E-state index contributed by atoms with van der Waals surface area (Å²) in [6, 6.07) is 8.30. The number of anilines is 1. The van der Waals surface area contributed by atoms with Crippen LogP contribution in [0.1, 0.15) is 44.1 Å². The van der Waals surface area contributed by atoms with Gasteiger partial charge in [0.25, 0.3) is 5.91 Å². The Morgan fingerprint density at radius 1 is 1.32 bits per heavy atom. The first kappa shape index (κ1) is 24.1. The van der Waals surface area contributed by atoms with Crippen LogP contribution in [0.3, 0.4) is 0 Å². The molecule has 2 aliphatic rings. The molecule has 1 saturated heterocycles. The van der Waals surface area contributed by atoms with Gasteiger partial charge in [0.1, 0.15) is 29.4 Å². The third-order valence-corrected chi connectivity index (χ3v) is 7.50. The van der Waals surface area contributed by atoms with Crippen LogP contribution in [0.25, 0.3) is 10.9 Å². The molecule has 3 amide bonds. The minimum Gasteiger partial charge on any atom is -0.350 e. The first-order chi connectivity index (χ1) is 18.4. The van der Waals surface area contributed by atoms with Crippen LogP contribution in [0, 0.1) is 28.9 Å². The van der Waals surface area contributed by atoms with Gasteiger partial charge in [-0.05, 0) is 36.1 Å². The zero-order valence-corrected chi connectivity index (χ0v) is 21.1. The standard InChI is InChI=1S/C28H27F2N5O3/c1-15(2)8-24(34(3)25(36)23-11-18-20(30)9-16(29)10-22(18)32-23)26(37)35-14-28(12-17(35)13-31)19-6-4-5-7-21(19)33-27(28)38/h4-7,9-11,15,17,24,32H,8,12,14H2,1-3H3,(H,33,38)/t17-,24-,28-/m0/s1/i4D. The van der Waals surface area contributed by atoms with E-state index < -0.39 is 40.9 Å². The Kier molecular flexibility index (Phi) is 5.86. The molecule has 0 unspecified atom stereocenters. The van der Waals surface area contributed by atoms with Crippen molar-refractivity contribution in [3.8, 4) is 6.07 Å². The molecule has 0 saturated carbocycles. The van der Waals surface area contributed by atoms with Crippen molar-refractivity contribution in [1.29, 1.82) is 5.26 Å². The van der Waals surface area contributed by atoms with Crippen LogP contribution in [-0.2, 0) is 15.0 Å². The number of benzene rings is 2. The van der Waals surface area contributed by atoms with E-state index in [1.807, 2.05) is 13.8 Å². The van der Waals surface area contributed by atoms with Crippen molar-refractivity contribution in [3.63, 3.8) is 0 Å². The minimum absolute atomic E-state index is 0.0121. The summed E-state index contributed by atoms with van der Waals surface area (Å²) in [4.78, 5) is 46.0. The van der Waals surface area contributed by atoms with Crippen LogP contribution in [-0.4, -0.2) is 58.2 Å². The zero-order valence-electron chi connectivity index (χ0n) is 22.1. The van der Waals surface area contributed by atoms with E-state index >= 15 is 0 Å². The summed E-state index contributed by atoms with van der Waals surface area (Å²) in [5.74, 6) is -3.04. The Balaban J connectivity index is 1.47. The molecule has 2 aliphatic heterocycles. The van der Waals surface area contributed by atoms with Crippen molar-refractivity contribution in [1.82, 2.24) is 14.8 Å². The average Bonchev–Trinajstić information content (AvgIpc) is 3.56. The highest BCUT2D eigenvalue weighted by Crippen LogP contribution is 2.46. The Hall–Kier alpha value is -4.26. The van der Waals surface area contributed by atoms with Crippen molar-refractivity contribution in [2.75, 3.05) is 18.9 Å². The molecule has 2 N–H and O–H groups in total. The van der Waals surface area contributed by atoms with Gasteiger partial charge in [0.05, 0.1) is 18.4 Å². The maximum atomic E-state index is 14.3. The highest BCUT2D eigenvalue weighted by molar-refractivity contribution is 6.07. The van der Waals surface area contributed by atoms with E-state index in [1.54, 1.807) is 18.2 Å². The number of hydrogen-bond donors (Lipinski definition) is 2. The summed E-state index contributed by atoms with van der Waals surface area (Å²) in [5.41, 5.74) is 0.0527. The molecule has 2 aromatic carbocycles. The van der Waals surface area contributed by atoms with Gasteiger partial charge in [-0.15, -0.1) is 0 Å². The van der Waals surface area contributed by atoms with Crippen molar-refractivity contribution in [2.24, 2.45) is 5.92 Å². The molecule has 3 atom stereocenters. The summed E-state index contributed by atoms with van der Waals surface area (Å²) >= 11 is 0. The normalized spacial score (nSPS) is 21.4. The number of halogens is 2. The third-order valence-electron chi connectivity index (χ3n) is 7.50. The number of nitriles is 1. The average molecular weight is 521 g/mol. The van der Waals surface area contributed by atoms with Gasteiger partial charge in [-0.2, -0.15) is 5.26 Å². The lowest BCUT2D eigenvalue weighted by atomic mass is 9.80. The number of aromatic amines is 1. The van der Waals surface area contributed by atoms with Gasteiger partial charge in [0, 0.05) is 37.2 Å². The fourth-order valence-electron chi connectivity index (χ4n) is 5.58. The summed E-state index contributed by atoms with van der Waals surface area (Å²) in [5, 5.41) is 12.8. The molecule has 3 heterocycles. The summed E-state index contributed by atoms with van der Waals surface area (Å²) < 4.78 is 36.0. The fourth-order valence-corrected chi connectivity index (χ4v) is 5.58. The van der Waals surface area contributed by atoms with Gasteiger partial charge in [-0.1, -0.05) is 32.0 Å². The number of likely N-dealkylation sites (N-methyl/N-ethyl adjacent to an activating group) is 1. The molecule has 196 valence electrons. The number of hydrogen-bond acceptors (Lipinski definition) is 4. The number of carbonyl (C=O) groups excluding carboxylic acids is 3. The van der Waals surface area contributed by atoms with E-state index in [4.69, 9.17) is 1.37 Å². The lowest BCUT2D eigenvalue weighted by Gasteiger charge is -2.33. The minimum atomic E-state index is -1.17. The molecule has 1 spiro atoms. The first-order valence-electron chi connectivity index (χ1n) is 12.8. The van der Waals surface area contributed by atoms with Crippen LogP contribution >= 0.6 is 0 Å². The fraction of sp³-hybridized carbons (Fsp3) is 0.357. The largest absolute Gasteiger partial charge is 0.350 e. The molecular weight excluding hydrogens is 492 g/mol. The number of nitrogens with zero attached hydrogens (tertiary/aromatic N) is 3. The summed E-state index contributed by atoms with van der Waals surface area (Å²) in [6.07, 6.45) is 0.335. The lowest BCUT2D eigenvalue weighted by molar-refractivity contribution is -0.136.